The van der Waals surface area contributed by atoms with Crippen LogP contribution in [0.2, 0.25) is 0 Å². The summed E-state index contributed by atoms with van der Waals surface area (Å²) in [5, 5.41) is 0.879. The SMILES string of the molecule is O=C(Oc1ccc(CSc2ncc[nH]2)cc1)N1CCC(Oc2ccc(Oc3ccccn3)cc2)CC1. The predicted octanol–water partition coefficient (Wildman–Crippen LogP) is 5.93. The van der Waals surface area contributed by atoms with Gasteiger partial charge in [0.15, 0.2) is 5.16 Å². The summed E-state index contributed by atoms with van der Waals surface area (Å²) in [5.74, 6) is 3.34. The van der Waals surface area contributed by atoms with E-state index >= 15 is 0 Å². The van der Waals surface area contributed by atoms with Gasteiger partial charge in [0, 0.05) is 56.3 Å². The fraction of sp³-hybridized carbons (Fsp3) is 0.222. The quantitative estimate of drug-likeness (QED) is 0.299. The van der Waals surface area contributed by atoms with Crippen molar-refractivity contribution in [1.82, 2.24) is 19.9 Å². The second kappa shape index (κ2) is 11.6. The number of likely N-dealkylation sites (tertiary alicyclic amines) is 1. The Hall–Kier alpha value is -3.98. The minimum atomic E-state index is -0.331. The van der Waals surface area contributed by atoms with E-state index in [-0.39, 0.29) is 12.2 Å². The molecule has 3 heterocycles. The normalized spacial score (nSPS) is 13.8. The van der Waals surface area contributed by atoms with Crippen molar-refractivity contribution in [2.75, 3.05) is 13.1 Å². The van der Waals surface area contributed by atoms with Crippen molar-refractivity contribution in [3.63, 3.8) is 0 Å². The molecule has 9 heteroatoms. The molecule has 1 N–H and O–H groups in total. The number of nitrogens with one attached hydrogen (secondary N) is 1. The van der Waals surface area contributed by atoms with E-state index in [1.807, 2.05) is 66.7 Å². The zero-order valence-electron chi connectivity index (χ0n) is 19.6. The van der Waals surface area contributed by atoms with Crippen molar-refractivity contribution in [2.24, 2.45) is 0 Å². The van der Waals surface area contributed by atoms with Gasteiger partial charge < -0.3 is 24.1 Å². The first-order chi connectivity index (χ1) is 17.7. The molecule has 1 fully saturated rings. The molecule has 1 amide bonds. The zero-order chi connectivity index (χ0) is 24.6. The van der Waals surface area contributed by atoms with E-state index in [9.17, 15) is 4.79 Å². The minimum Gasteiger partial charge on any atom is -0.490 e. The number of imidazole rings is 1. The monoisotopic (exact) mass is 502 g/mol. The number of nitrogens with zero attached hydrogens (tertiary/aromatic N) is 3. The van der Waals surface area contributed by atoms with E-state index in [2.05, 4.69) is 15.0 Å². The number of carbonyl (C=O) groups is 1. The fourth-order valence-corrected chi connectivity index (χ4v) is 4.55. The first-order valence-corrected chi connectivity index (χ1v) is 12.7. The fourth-order valence-electron chi connectivity index (χ4n) is 3.76. The Kier molecular flexibility index (Phi) is 7.67. The molecule has 0 radical (unpaired) electrons. The van der Waals surface area contributed by atoms with Gasteiger partial charge in [0.2, 0.25) is 5.88 Å². The lowest BCUT2D eigenvalue weighted by molar-refractivity contribution is 0.0930. The van der Waals surface area contributed by atoms with E-state index in [1.54, 1.807) is 35.3 Å². The molecule has 0 aliphatic carbocycles. The van der Waals surface area contributed by atoms with Crippen molar-refractivity contribution < 1.29 is 19.0 Å². The second-order valence-electron chi connectivity index (χ2n) is 8.24. The maximum atomic E-state index is 12.6. The maximum absolute atomic E-state index is 12.6. The number of aromatic amines is 1. The molecular weight excluding hydrogens is 476 g/mol. The highest BCUT2D eigenvalue weighted by molar-refractivity contribution is 7.98. The van der Waals surface area contributed by atoms with Gasteiger partial charge in [-0.3, -0.25) is 0 Å². The van der Waals surface area contributed by atoms with Gasteiger partial charge in [0.25, 0.3) is 0 Å². The number of benzene rings is 2. The standard InChI is InChI=1S/C27H26N4O4S/c32-27(35-23-6-4-20(5-7-23)19-36-26-29-15-16-30-26)31-17-12-24(13-18-31)33-21-8-10-22(11-9-21)34-25-3-1-2-14-28-25/h1-11,14-16,24H,12-13,17-19H2,(H,29,30). The van der Waals surface area contributed by atoms with Crippen LogP contribution in [0.4, 0.5) is 4.79 Å². The molecule has 0 spiro atoms. The van der Waals surface area contributed by atoms with Crippen molar-refractivity contribution in [3.8, 4) is 23.1 Å². The lowest BCUT2D eigenvalue weighted by atomic mass is 10.1. The van der Waals surface area contributed by atoms with Crippen molar-refractivity contribution in [1.29, 1.82) is 0 Å². The molecular formula is C27H26N4O4S. The van der Waals surface area contributed by atoms with Crippen molar-refractivity contribution in [2.45, 2.75) is 29.9 Å². The number of hydrogen-bond acceptors (Lipinski definition) is 7. The predicted molar refractivity (Wildman–Crippen MR) is 137 cm³/mol. The molecule has 1 saturated heterocycles. The molecule has 2 aromatic carbocycles. The molecule has 0 unspecified atom stereocenters. The van der Waals surface area contributed by atoms with Crippen LogP contribution in [-0.4, -0.2) is 45.1 Å². The number of amides is 1. The maximum Gasteiger partial charge on any atom is 0.415 e. The van der Waals surface area contributed by atoms with E-state index in [1.165, 1.54) is 0 Å². The summed E-state index contributed by atoms with van der Waals surface area (Å²) in [6.45, 7) is 1.17. The number of hydrogen-bond donors (Lipinski definition) is 1. The molecule has 8 nitrogen and oxygen atoms in total. The van der Waals surface area contributed by atoms with Gasteiger partial charge in [-0.15, -0.1) is 0 Å². The molecule has 0 bridgehead atoms. The molecule has 5 rings (SSSR count). The third-order valence-corrected chi connectivity index (χ3v) is 6.64. The van der Waals surface area contributed by atoms with Crippen LogP contribution in [0.25, 0.3) is 0 Å². The Balaban J connectivity index is 1.04. The van der Waals surface area contributed by atoms with Crippen LogP contribution < -0.4 is 14.2 Å². The summed E-state index contributed by atoms with van der Waals surface area (Å²) in [6.07, 6.45) is 6.42. The highest BCUT2D eigenvalue weighted by Crippen LogP contribution is 2.25. The summed E-state index contributed by atoms with van der Waals surface area (Å²) in [4.78, 5) is 25.8. The van der Waals surface area contributed by atoms with Crippen LogP contribution in [0.3, 0.4) is 0 Å². The molecule has 0 atom stereocenters. The third-order valence-electron chi connectivity index (χ3n) is 5.66. The topological polar surface area (TPSA) is 89.6 Å². The Labute approximate surface area is 213 Å². The first kappa shape index (κ1) is 23.7. The molecule has 184 valence electrons. The zero-order valence-corrected chi connectivity index (χ0v) is 20.4. The molecule has 4 aromatic rings. The average Bonchev–Trinajstić information content (AvgIpc) is 3.44. The van der Waals surface area contributed by atoms with Crippen LogP contribution in [0, 0.1) is 0 Å². The lowest BCUT2D eigenvalue weighted by Gasteiger charge is -2.31. The van der Waals surface area contributed by atoms with Crippen LogP contribution in [0.5, 0.6) is 23.1 Å². The van der Waals surface area contributed by atoms with Crippen LogP contribution >= 0.6 is 11.8 Å². The summed E-state index contributed by atoms with van der Waals surface area (Å²) < 4.78 is 17.4. The highest BCUT2D eigenvalue weighted by Gasteiger charge is 2.25. The van der Waals surface area contributed by atoms with Gasteiger partial charge in [0.05, 0.1) is 0 Å². The van der Waals surface area contributed by atoms with Gasteiger partial charge in [-0.05, 0) is 48.0 Å². The molecule has 1 aliphatic rings. The number of rotatable bonds is 8. The molecule has 0 saturated carbocycles. The average molecular weight is 503 g/mol. The van der Waals surface area contributed by atoms with Crippen LogP contribution in [0.1, 0.15) is 18.4 Å². The smallest absolute Gasteiger partial charge is 0.415 e. The lowest BCUT2D eigenvalue weighted by Crippen LogP contribution is -2.43. The summed E-state index contributed by atoms with van der Waals surface area (Å²) >= 11 is 1.62. The van der Waals surface area contributed by atoms with Gasteiger partial charge in [0.1, 0.15) is 23.4 Å². The third kappa shape index (κ3) is 6.57. The summed E-state index contributed by atoms with van der Waals surface area (Å²) in [5.41, 5.74) is 1.13. The second-order valence-corrected chi connectivity index (χ2v) is 9.20. The number of piperidine rings is 1. The van der Waals surface area contributed by atoms with Crippen LogP contribution in [0.15, 0.2) is 90.5 Å². The first-order valence-electron chi connectivity index (χ1n) is 11.7. The largest absolute Gasteiger partial charge is 0.490 e. The number of H-pyrrole nitrogens is 1. The van der Waals surface area contributed by atoms with E-state index in [0.29, 0.717) is 30.5 Å². The number of thioether (sulfide) groups is 1. The van der Waals surface area contributed by atoms with E-state index in [4.69, 9.17) is 14.2 Å². The number of carbonyl (C=O) groups excluding carboxylic acids is 1. The summed E-state index contributed by atoms with van der Waals surface area (Å²) in [7, 11) is 0. The van der Waals surface area contributed by atoms with Gasteiger partial charge in [-0.1, -0.05) is 30.0 Å². The number of pyridine rings is 1. The highest BCUT2D eigenvalue weighted by atomic mass is 32.2. The Morgan fingerprint density at radius 1 is 0.917 bits per heavy atom. The Morgan fingerprint density at radius 2 is 1.67 bits per heavy atom. The van der Waals surface area contributed by atoms with E-state index < -0.39 is 0 Å². The molecule has 2 aromatic heterocycles. The van der Waals surface area contributed by atoms with Crippen LogP contribution in [-0.2, 0) is 5.75 Å². The number of ether oxygens (including phenoxy) is 3. The Morgan fingerprint density at radius 3 is 2.36 bits per heavy atom. The molecule has 1 aliphatic heterocycles. The Bertz CT molecular complexity index is 1230. The minimum absolute atomic E-state index is 0.0440. The van der Waals surface area contributed by atoms with Gasteiger partial charge in [-0.25, -0.2) is 14.8 Å². The van der Waals surface area contributed by atoms with Crippen molar-refractivity contribution in [3.05, 3.63) is 90.9 Å². The van der Waals surface area contributed by atoms with E-state index in [0.717, 1.165) is 35.1 Å². The van der Waals surface area contributed by atoms with Gasteiger partial charge >= 0.3 is 6.09 Å². The summed E-state index contributed by atoms with van der Waals surface area (Å²) in [6, 6.07) is 20.6. The molecule has 36 heavy (non-hydrogen) atoms. The van der Waals surface area contributed by atoms with Gasteiger partial charge in [-0.2, -0.15) is 0 Å². The van der Waals surface area contributed by atoms with Crippen molar-refractivity contribution >= 4 is 17.9 Å². The number of aromatic nitrogens is 3.